The number of benzene rings is 2. The van der Waals surface area contributed by atoms with Crippen LogP contribution in [0.15, 0.2) is 77.2 Å². The summed E-state index contributed by atoms with van der Waals surface area (Å²) >= 11 is 18.1. The summed E-state index contributed by atoms with van der Waals surface area (Å²) in [6, 6.07) is 17.8. The van der Waals surface area contributed by atoms with E-state index in [1.54, 1.807) is 42.5 Å². The molecule has 168 valence electrons. The van der Waals surface area contributed by atoms with Gasteiger partial charge in [0.2, 0.25) is 5.88 Å². The molecule has 4 aromatic rings. The molecule has 10 heteroatoms. The zero-order valence-corrected chi connectivity index (χ0v) is 19.4. The van der Waals surface area contributed by atoms with E-state index >= 15 is 0 Å². The molecule has 0 saturated carbocycles. The van der Waals surface area contributed by atoms with Crippen molar-refractivity contribution in [2.75, 3.05) is 5.32 Å². The van der Waals surface area contributed by atoms with Crippen LogP contribution in [0.1, 0.15) is 5.56 Å². The van der Waals surface area contributed by atoms with Crippen molar-refractivity contribution in [2.45, 2.75) is 0 Å². The first-order valence-electron chi connectivity index (χ1n) is 9.69. The Hall–Kier alpha value is -3.83. The van der Waals surface area contributed by atoms with Crippen molar-refractivity contribution in [3.05, 3.63) is 103 Å². The van der Waals surface area contributed by atoms with Gasteiger partial charge in [0.15, 0.2) is 0 Å². The molecule has 2 aromatic heterocycles. The predicted molar refractivity (Wildman–Crippen MR) is 132 cm³/mol. The van der Waals surface area contributed by atoms with Crippen LogP contribution in [0.4, 0.5) is 5.69 Å². The number of nitrogens with one attached hydrogen (secondary N) is 1. The summed E-state index contributed by atoms with van der Waals surface area (Å²) in [5.41, 5.74) is -0.327. The van der Waals surface area contributed by atoms with Crippen molar-refractivity contribution < 1.29 is 9.53 Å². The topological polar surface area (TPSA) is 96.5 Å². The zero-order chi connectivity index (χ0) is 24.2. The van der Waals surface area contributed by atoms with E-state index < -0.39 is 11.5 Å². The Bertz CT molecular complexity index is 1560. The van der Waals surface area contributed by atoms with Crippen molar-refractivity contribution in [3.8, 4) is 17.7 Å². The lowest BCUT2D eigenvalue weighted by molar-refractivity contribution is -0.112. The van der Waals surface area contributed by atoms with Crippen molar-refractivity contribution in [2.24, 2.45) is 0 Å². The molecule has 2 aromatic carbocycles. The number of nitriles is 1. The molecule has 34 heavy (non-hydrogen) atoms. The highest BCUT2D eigenvalue weighted by Crippen LogP contribution is 2.32. The average molecular weight is 512 g/mol. The van der Waals surface area contributed by atoms with Gasteiger partial charge >= 0.3 is 0 Å². The number of hydrogen-bond donors (Lipinski definition) is 1. The fraction of sp³-hybridized carbons (Fsp3) is 0. The molecule has 0 radical (unpaired) electrons. The molecule has 0 aliphatic rings. The van der Waals surface area contributed by atoms with Crippen LogP contribution in [0.2, 0.25) is 15.1 Å². The Morgan fingerprint density at radius 3 is 2.59 bits per heavy atom. The molecule has 0 bridgehead atoms. The first-order chi connectivity index (χ1) is 16.4. The summed E-state index contributed by atoms with van der Waals surface area (Å²) in [5.74, 6) is -0.684. The second kappa shape index (κ2) is 9.98. The van der Waals surface area contributed by atoms with Gasteiger partial charge in [0, 0.05) is 21.9 Å². The number of hydrogen-bond acceptors (Lipinski definition) is 5. The molecule has 4 rings (SSSR count). The average Bonchev–Trinajstić information content (AvgIpc) is 2.81. The Morgan fingerprint density at radius 1 is 1.06 bits per heavy atom. The first kappa shape index (κ1) is 23.3. The molecule has 1 N–H and O–H groups in total. The first-order valence-corrected chi connectivity index (χ1v) is 10.8. The lowest BCUT2D eigenvalue weighted by atomic mass is 10.1. The van der Waals surface area contributed by atoms with E-state index in [0.29, 0.717) is 21.4 Å². The van der Waals surface area contributed by atoms with Gasteiger partial charge in [-0.3, -0.25) is 14.0 Å². The van der Waals surface area contributed by atoms with Gasteiger partial charge in [-0.25, -0.2) is 0 Å². The molecule has 0 aliphatic carbocycles. The van der Waals surface area contributed by atoms with Gasteiger partial charge in [-0.05, 0) is 54.6 Å². The molecular weight excluding hydrogens is 499 g/mol. The van der Waals surface area contributed by atoms with Gasteiger partial charge in [0.25, 0.3) is 11.5 Å². The maximum absolute atomic E-state index is 13.2. The lowest BCUT2D eigenvalue weighted by Gasteiger charge is -2.11. The number of amides is 1. The highest BCUT2D eigenvalue weighted by Gasteiger charge is 2.18. The van der Waals surface area contributed by atoms with Gasteiger partial charge in [0.1, 0.15) is 28.6 Å². The van der Waals surface area contributed by atoms with Crippen LogP contribution >= 0.6 is 34.8 Å². The third-order valence-electron chi connectivity index (χ3n) is 4.57. The maximum atomic E-state index is 13.2. The second-order valence-corrected chi connectivity index (χ2v) is 8.16. The molecule has 0 spiro atoms. The molecule has 1 amide bonds. The number of fused-ring (bicyclic) bond motifs is 1. The van der Waals surface area contributed by atoms with Crippen molar-refractivity contribution in [1.29, 1.82) is 5.26 Å². The smallest absolute Gasteiger partial charge is 0.269 e. The highest BCUT2D eigenvalue weighted by atomic mass is 35.5. The van der Waals surface area contributed by atoms with Gasteiger partial charge < -0.3 is 10.1 Å². The van der Waals surface area contributed by atoms with Crippen LogP contribution in [-0.4, -0.2) is 15.3 Å². The zero-order valence-electron chi connectivity index (χ0n) is 17.1. The summed E-state index contributed by atoms with van der Waals surface area (Å²) in [6.45, 7) is 0. The lowest BCUT2D eigenvalue weighted by Crippen LogP contribution is -2.20. The highest BCUT2D eigenvalue weighted by molar-refractivity contribution is 6.35. The summed E-state index contributed by atoms with van der Waals surface area (Å²) < 4.78 is 7.10. The molecule has 2 heterocycles. The number of carbonyl (C=O) groups is 1. The minimum atomic E-state index is -0.738. The summed E-state index contributed by atoms with van der Waals surface area (Å²) in [5, 5.41) is 13.2. The van der Waals surface area contributed by atoms with E-state index in [4.69, 9.17) is 39.5 Å². The molecule has 0 aliphatic heterocycles. The predicted octanol–water partition coefficient (Wildman–Crippen LogP) is 5.99. The van der Waals surface area contributed by atoms with Crippen LogP contribution in [0.25, 0.3) is 11.7 Å². The van der Waals surface area contributed by atoms with E-state index in [2.05, 4.69) is 10.3 Å². The molecular formula is C24H13Cl3N4O3. The quantitative estimate of drug-likeness (QED) is 0.262. The van der Waals surface area contributed by atoms with E-state index in [-0.39, 0.29) is 27.8 Å². The van der Waals surface area contributed by atoms with Crippen LogP contribution in [0.3, 0.4) is 0 Å². The van der Waals surface area contributed by atoms with E-state index in [1.807, 2.05) is 6.07 Å². The number of aromatic nitrogens is 2. The third-order valence-corrected chi connectivity index (χ3v) is 5.34. The van der Waals surface area contributed by atoms with Gasteiger partial charge in [-0.2, -0.15) is 10.2 Å². The summed E-state index contributed by atoms with van der Waals surface area (Å²) in [4.78, 5) is 30.4. The van der Waals surface area contributed by atoms with Crippen molar-refractivity contribution in [1.82, 2.24) is 9.38 Å². The van der Waals surface area contributed by atoms with Gasteiger partial charge in [-0.15, -0.1) is 0 Å². The number of nitrogens with zero attached hydrogens (tertiary/aromatic N) is 3. The van der Waals surface area contributed by atoms with E-state index in [1.165, 1.54) is 28.8 Å². The fourth-order valence-electron chi connectivity index (χ4n) is 3.00. The summed E-state index contributed by atoms with van der Waals surface area (Å²) in [7, 11) is 0. The standard InChI is InChI=1S/C24H13Cl3N4O3/c25-15-4-3-5-17(11-15)29-22(32)14(13-28)10-18-23(34-20-8-7-16(26)12-19(20)27)30-21-6-1-2-9-31(21)24(18)33/h1-12H,(H,29,32)/b14-10-. The number of pyridine rings is 1. The number of ether oxygens (including phenoxy) is 1. The molecule has 0 atom stereocenters. The molecule has 0 fully saturated rings. The second-order valence-electron chi connectivity index (χ2n) is 6.88. The monoisotopic (exact) mass is 510 g/mol. The Labute approximate surface area is 208 Å². The fourth-order valence-corrected chi connectivity index (χ4v) is 3.64. The van der Waals surface area contributed by atoms with Crippen LogP contribution in [0, 0.1) is 11.3 Å². The molecule has 0 unspecified atom stereocenters. The van der Waals surface area contributed by atoms with Gasteiger partial charge in [0.05, 0.1) is 5.02 Å². The van der Waals surface area contributed by atoms with E-state index in [9.17, 15) is 14.9 Å². The minimum absolute atomic E-state index is 0.118. The summed E-state index contributed by atoms with van der Waals surface area (Å²) in [6.07, 6.45) is 2.63. The van der Waals surface area contributed by atoms with Crippen LogP contribution in [0.5, 0.6) is 11.6 Å². The Kier molecular flexibility index (Phi) is 6.85. The number of rotatable bonds is 5. The van der Waals surface area contributed by atoms with Crippen LogP contribution in [-0.2, 0) is 4.79 Å². The third kappa shape index (κ3) is 5.05. The largest absolute Gasteiger partial charge is 0.437 e. The number of halogens is 3. The van der Waals surface area contributed by atoms with Crippen molar-refractivity contribution >= 4 is 58.1 Å². The number of anilines is 1. The number of carbonyl (C=O) groups excluding carboxylic acids is 1. The van der Waals surface area contributed by atoms with E-state index in [0.717, 1.165) is 6.08 Å². The minimum Gasteiger partial charge on any atom is -0.437 e. The Morgan fingerprint density at radius 2 is 1.85 bits per heavy atom. The Balaban J connectivity index is 1.82. The normalized spacial score (nSPS) is 11.2. The molecule has 0 saturated heterocycles. The maximum Gasteiger partial charge on any atom is 0.269 e. The van der Waals surface area contributed by atoms with Crippen LogP contribution < -0.4 is 15.6 Å². The SMILES string of the molecule is N#C/C(=C/c1c(Oc2ccc(Cl)cc2Cl)nc2ccccn2c1=O)C(=O)Nc1cccc(Cl)c1. The van der Waals surface area contributed by atoms with Gasteiger partial charge in [-0.1, -0.05) is 46.9 Å². The van der Waals surface area contributed by atoms with Crippen molar-refractivity contribution in [3.63, 3.8) is 0 Å². The molecule has 7 nitrogen and oxygen atoms in total.